The maximum Gasteiger partial charge on any atom is 0.267 e. The van der Waals surface area contributed by atoms with E-state index in [1.165, 1.54) is 0 Å². The average molecular weight is 326 g/mol. The topological polar surface area (TPSA) is 78.1 Å². The maximum atomic E-state index is 12.3. The van der Waals surface area contributed by atoms with Gasteiger partial charge in [0, 0.05) is 49.9 Å². The van der Waals surface area contributed by atoms with Gasteiger partial charge in [0.2, 0.25) is 5.91 Å². The molecular weight excluding hydrogens is 304 g/mol. The van der Waals surface area contributed by atoms with Crippen LogP contribution in [-0.4, -0.2) is 46.3 Å². The van der Waals surface area contributed by atoms with E-state index < -0.39 is 0 Å². The number of hydrogen-bond acceptors (Lipinski definition) is 3. The first-order chi connectivity index (χ1) is 11.6. The van der Waals surface area contributed by atoms with Crippen LogP contribution in [0.3, 0.4) is 0 Å². The summed E-state index contributed by atoms with van der Waals surface area (Å²) in [5.41, 5.74) is 1.86. The van der Waals surface area contributed by atoms with E-state index in [1.54, 1.807) is 19.3 Å². The Hall–Kier alpha value is -2.37. The molecule has 0 aromatic carbocycles. The molecule has 2 amide bonds. The predicted molar refractivity (Wildman–Crippen MR) is 90.5 cm³/mol. The molecule has 1 saturated heterocycles. The largest absolute Gasteiger partial charge is 0.350 e. The molecule has 2 aromatic heterocycles. The van der Waals surface area contributed by atoms with E-state index in [4.69, 9.17) is 0 Å². The summed E-state index contributed by atoms with van der Waals surface area (Å²) in [4.78, 5) is 32.9. The molecule has 6 heteroatoms. The first-order valence-corrected chi connectivity index (χ1v) is 8.54. The van der Waals surface area contributed by atoms with Crippen LogP contribution in [0.1, 0.15) is 36.7 Å². The summed E-state index contributed by atoms with van der Waals surface area (Å²) in [6.45, 7) is 4.06. The van der Waals surface area contributed by atoms with Crippen LogP contribution in [0.2, 0.25) is 0 Å². The number of amides is 2. The fourth-order valence-electron chi connectivity index (χ4n) is 4.01. The molecule has 3 heterocycles. The van der Waals surface area contributed by atoms with Crippen LogP contribution >= 0.6 is 0 Å². The Morgan fingerprint density at radius 2 is 2.21 bits per heavy atom. The first kappa shape index (κ1) is 15.2. The van der Waals surface area contributed by atoms with Gasteiger partial charge in [0.1, 0.15) is 5.69 Å². The lowest BCUT2D eigenvalue weighted by molar-refractivity contribution is -0.130. The van der Waals surface area contributed by atoms with E-state index in [1.807, 2.05) is 17.0 Å². The normalized spacial score (nSPS) is 21.9. The monoisotopic (exact) mass is 326 g/mol. The minimum absolute atomic E-state index is 0.0607. The average Bonchev–Trinajstić information content (AvgIpc) is 3.06. The Kier molecular flexibility index (Phi) is 3.55. The number of pyridine rings is 1. The van der Waals surface area contributed by atoms with Crippen LogP contribution in [0, 0.1) is 11.3 Å². The van der Waals surface area contributed by atoms with Gasteiger partial charge in [0.05, 0.1) is 0 Å². The molecule has 2 N–H and O–H groups in total. The summed E-state index contributed by atoms with van der Waals surface area (Å²) in [5, 5.41) is 4.00. The van der Waals surface area contributed by atoms with Crippen LogP contribution in [0.5, 0.6) is 0 Å². The van der Waals surface area contributed by atoms with Crippen molar-refractivity contribution in [1.82, 2.24) is 20.2 Å². The molecule has 24 heavy (non-hydrogen) atoms. The zero-order valence-electron chi connectivity index (χ0n) is 13.8. The Balaban J connectivity index is 1.32. The molecule has 126 valence electrons. The number of aromatic amines is 1. The lowest BCUT2D eigenvalue weighted by Gasteiger charge is -2.32. The van der Waals surface area contributed by atoms with Crippen LogP contribution in [0.25, 0.3) is 10.9 Å². The van der Waals surface area contributed by atoms with Crippen molar-refractivity contribution in [2.75, 3.05) is 19.6 Å². The minimum atomic E-state index is -0.0607. The highest BCUT2D eigenvalue weighted by Gasteiger charge is 2.54. The molecule has 1 saturated carbocycles. The molecule has 1 atom stereocenters. The maximum absolute atomic E-state index is 12.3. The molecule has 6 nitrogen and oxygen atoms in total. The number of rotatable bonds is 3. The van der Waals surface area contributed by atoms with Gasteiger partial charge in [-0.25, -0.2) is 0 Å². The molecule has 2 aliphatic rings. The Morgan fingerprint density at radius 3 is 2.92 bits per heavy atom. The fourth-order valence-corrected chi connectivity index (χ4v) is 4.01. The third-order valence-electron chi connectivity index (χ3n) is 5.74. The number of likely N-dealkylation sites (tertiary alicyclic amines) is 1. The second-order valence-electron chi connectivity index (χ2n) is 7.13. The molecule has 2 fully saturated rings. The predicted octanol–water partition coefficient (Wildman–Crippen LogP) is 1.94. The van der Waals surface area contributed by atoms with Crippen LogP contribution in [-0.2, 0) is 4.79 Å². The summed E-state index contributed by atoms with van der Waals surface area (Å²) in [5.74, 6) is 0.652. The van der Waals surface area contributed by atoms with Gasteiger partial charge in [-0.3, -0.25) is 14.6 Å². The molecule has 0 radical (unpaired) electrons. The van der Waals surface area contributed by atoms with E-state index in [-0.39, 0.29) is 11.8 Å². The Bertz CT molecular complexity index is 756. The number of fused-ring (bicyclic) bond motifs is 1. The first-order valence-electron chi connectivity index (χ1n) is 8.54. The quantitative estimate of drug-likeness (QED) is 0.905. The summed E-state index contributed by atoms with van der Waals surface area (Å²) < 4.78 is 0. The van der Waals surface area contributed by atoms with E-state index in [0.717, 1.165) is 43.3 Å². The highest BCUT2D eigenvalue weighted by Crippen LogP contribution is 2.59. The van der Waals surface area contributed by atoms with E-state index in [0.29, 0.717) is 23.6 Å². The number of carbonyl (C=O) groups excluding carboxylic acids is 2. The van der Waals surface area contributed by atoms with Crippen LogP contribution < -0.4 is 5.32 Å². The third-order valence-corrected chi connectivity index (χ3v) is 5.74. The van der Waals surface area contributed by atoms with Crippen molar-refractivity contribution in [2.24, 2.45) is 11.3 Å². The number of carbonyl (C=O) groups is 2. The molecular formula is C18H22N4O2. The van der Waals surface area contributed by atoms with Gasteiger partial charge in [-0.05, 0) is 42.7 Å². The van der Waals surface area contributed by atoms with Crippen molar-refractivity contribution in [3.63, 3.8) is 0 Å². The van der Waals surface area contributed by atoms with Crippen LogP contribution in [0.4, 0.5) is 0 Å². The van der Waals surface area contributed by atoms with Gasteiger partial charge >= 0.3 is 0 Å². The number of aromatic nitrogens is 2. The van der Waals surface area contributed by atoms with Crippen molar-refractivity contribution < 1.29 is 9.59 Å². The fraction of sp³-hybridized carbons (Fsp3) is 0.500. The number of nitrogens with zero attached hydrogens (tertiary/aromatic N) is 2. The highest BCUT2D eigenvalue weighted by atomic mass is 16.2. The van der Waals surface area contributed by atoms with Gasteiger partial charge < -0.3 is 15.2 Å². The number of nitrogens with one attached hydrogen (secondary N) is 2. The molecule has 0 bridgehead atoms. The molecule has 4 rings (SSSR count). The standard InChI is InChI=1S/C18H22N4O2/c1-12(23)22-6-3-18(4-7-22)9-14(18)11-20-17(24)16-8-13-10-19-5-2-15(13)21-16/h2,5,8,10,14,21H,3-4,6-7,9,11H2,1H3,(H,20,24). The van der Waals surface area contributed by atoms with E-state index in [2.05, 4.69) is 15.3 Å². The summed E-state index contributed by atoms with van der Waals surface area (Å²) in [7, 11) is 0. The summed E-state index contributed by atoms with van der Waals surface area (Å²) in [6.07, 6.45) is 6.75. The van der Waals surface area contributed by atoms with Crippen molar-refractivity contribution in [3.05, 3.63) is 30.2 Å². The zero-order chi connectivity index (χ0) is 16.7. The molecule has 1 unspecified atom stereocenters. The number of H-pyrrole nitrogens is 1. The lowest BCUT2D eigenvalue weighted by Crippen LogP contribution is -2.39. The van der Waals surface area contributed by atoms with Gasteiger partial charge in [-0.1, -0.05) is 0 Å². The van der Waals surface area contributed by atoms with Crippen molar-refractivity contribution in [3.8, 4) is 0 Å². The van der Waals surface area contributed by atoms with Crippen molar-refractivity contribution in [1.29, 1.82) is 0 Å². The van der Waals surface area contributed by atoms with Gasteiger partial charge in [0.25, 0.3) is 5.91 Å². The summed E-state index contributed by atoms with van der Waals surface area (Å²) in [6, 6.07) is 3.70. The molecule has 2 aromatic rings. The zero-order valence-corrected chi connectivity index (χ0v) is 13.8. The number of piperidine rings is 1. The number of hydrogen-bond donors (Lipinski definition) is 2. The SMILES string of the molecule is CC(=O)N1CCC2(CC1)CC2CNC(=O)c1cc2cnccc2[nH]1. The highest BCUT2D eigenvalue weighted by molar-refractivity contribution is 5.97. The molecule has 1 spiro atoms. The van der Waals surface area contributed by atoms with Gasteiger partial charge in [-0.2, -0.15) is 0 Å². The van der Waals surface area contributed by atoms with Crippen molar-refractivity contribution in [2.45, 2.75) is 26.2 Å². The van der Waals surface area contributed by atoms with E-state index in [9.17, 15) is 9.59 Å². The Labute approximate surface area is 140 Å². The lowest BCUT2D eigenvalue weighted by atomic mass is 9.91. The second kappa shape index (κ2) is 5.61. The molecule has 1 aliphatic carbocycles. The van der Waals surface area contributed by atoms with Crippen molar-refractivity contribution >= 4 is 22.7 Å². The van der Waals surface area contributed by atoms with Crippen LogP contribution in [0.15, 0.2) is 24.5 Å². The summed E-state index contributed by atoms with van der Waals surface area (Å²) >= 11 is 0. The second-order valence-corrected chi connectivity index (χ2v) is 7.13. The van der Waals surface area contributed by atoms with E-state index >= 15 is 0 Å². The smallest absolute Gasteiger partial charge is 0.267 e. The Morgan fingerprint density at radius 1 is 1.42 bits per heavy atom. The minimum Gasteiger partial charge on any atom is -0.350 e. The van der Waals surface area contributed by atoms with Gasteiger partial charge in [0.15, 0.2) is 0 Å². The van der Waals surface area contributed by atoms with Gasteiger partial charge in [-0.15, -0.1) is 0 Å². The third kappa shape index (κ3) is 2.66. The molecule has 1 aliphatic heterocycles.